The Balaban J connectivity index is 2.64. The third-order valence-electron chi connectivity index (χ3n) is 2.75. The topological polar surface area (TPSA) is 41.1 Å². The molecule has 1 rings (SSSR count). The zero-order valence-corrected chi connectivity index (χ0v) is 11.6. The van der Waals surface area contributed by atoms with Crippen molar-refractivity contribution in [3.63, 3.8) is 0 Å². The van der Waals surface area contributed by atoms with Gasteiger partial charge in [-0.3, -0.25) is 0 Å². The van der Waals surface area contributed by atoms with Crippen molar-refractivity contribution in [2.24, 2.45) is 5.92 Å². The van der Waals surface area contributed by atoms with Gasteiger partial charge in [0, 0.05) is 6.54 Å². The summed E-state index contributed by atoms with van der Waals surface area (Å²) in [6.45, 7) is 7.10. The Morgan fingerprint density at radius 1 is 1.22 bits per heavy atom. The van der Waals surface area contributed by atoms with Crippen molar-refractivity contribution in [1.82, 2.24) is 10.6 Å². The predicted octanol–water partition coefficient (Wildman–Crippen LogP) is 3.48. The van der Waals surface area contributed by atoms with E-state index in [0.29, 0.717) is 5.92 Å². The Morgan fingerprint density at radius 2 is 1.89 bits per heavy atom. The summed E-state index contributed by atoms with van der Waals surface area (Å²) >= 11 is 0. The second-order valence-corrected chi connectivity index (χ2v) is 4.99. The molecule has 0 aliphatic heterocycles. The van der Waals surface area contributed by atoms with Gasteiger partial charge in [-0.15, -0.1) is 0 Å². The van der Waals surface area contributed by atoms with Crippen molar-refractivity contribution in [1.29, 1.82) is 0 Å². The second kappa shape index (κ2) is 7.75. The molecule has 100 valence electrons. The SMILES string of the molecule is CCCNC(=O)NC(CC(C)C)c1ccccc1. The van der Waals surface area contributed by atoms with Crippen LogP contribution in [0.5, 0.6) is 0 Å². The zero-order chi connectivity index (χ0) is 13.4. The van der Waals surface area contributed by atoms with Crippen molar-refractivity contribution >= 4 is 6.03 Å². The lowest BCUT2D eigenvalue weighted by Crippen LogP contribution is -2.38. The van der Waals surface area contributed by atoms with E-state index in [2.05, 4.69) is 36.6 Å². The third-order valence-corrected chi connectivity index (χ3v) is 2.75. The highest BCUT2D eigenvalue weighted by Crippen LogP contribution is 2.20. The molecule has 1 unspecified atom stereocenters. The van der Waals surface area contributed by atoms with Gasteiger partial charge in [0.1, 0.15) is 0 Å². The molecule has 0 spiro atoms. The van der Waals surface area contributed by atoms with Gasteiger partial charge in [-0.1, -0.05) is 51.1 Å². The van der Waals surface area contributed by atoms with Crippen LogP contribution < -0.4 is 10.6 Å². The molecule has 0 saturated carbocycles. The quantitative estimate of drug-likeness (QED) is 0.795. The second-order valence-electron chi connectivity index (χ2n) is 4.99. The van der Waals surface area contributed by atoms with Gasteiger partial charge in [0.2, 0.25) is 0 Å². The Labute approximate surface area is 110 Å². The molecular weight excluding hydrogens is 224 g/mol. The molecule has 3 heteroatoms. The first-order valence-electron chi connectivity index (χ1n) is 6.72. The molecule has 0 aliphatic rings. The first-order chi connectivity index (χ1) is 8.63. The minimum absolute atomic E-state index is 0.0775. The lowest BCUT2D eigenvalue weighted by molar-refractivity contribution is 0.235. The fraction of sp³-hybridized carbons (Fsp3) is 0.533. The average Bonchev–Trinajstić information content (AvgIpc) is 2.36. The van der Waals surface area contributed by atoms with Crippen LogP contribution in [0.4, 0.5) is 4.79 Å². The highest BCUT2D eigenvalue weighted by molar-refractivity contribution is 5.74. The van der Waals surface area contributed by atoms with Crippen LogP contribution in [0.2, 0.25) is 0 Å². The van der Waals surface area contributed by atoms with Crippen LogP contribution >= 0.6 is 0 Å². The number of hydrogen-bond donors (Lipinski definition) is 2. The summed E-state index contributed by atoms with van der Waals surface area (Å²) < 4.78 is 0. The molecule has 0 bridgehead atoms. The van der Waals surface area contributed by atoms with E-state index in [4.69, 9.17) is 0 Å². The van der Waals surface area contributed by atoms with Gasteiger partial charge in [-0.25, -0.2) is 4.79 Å². The van der Waals surface area contributed by atoms with Gasteiger partial charge in [0.25, 0.3) is 0 Å². The Kier molecular flexibility index (Phi) is 6.26. The normalized spacial score (nSPS) is 12.2. The number of amides is 2. The highest BCUT2D eigenvalue weighted by atomic mass is 16.2. The minimum Gasteiger partial charge on any atom is -0.338 e. The highest BCUT2D eigenvalue weighted by Gasteiger charge is 2.15. The van der Waals surface area contributed by atoms with Gasteiger partial charge in [0.15, 0.2) is 0 Å². The first-order valence-corrected chi connectivity index (χ1v) is 6.72. The van der Waals surface area contributed by atoms with E-state index in [0.717, 1.165) is 24.9 Å². The molecule has 0 fully saturated rings. The summed E-state index contributed by atoms with van der Waals surface area (Å²) in [5, 5.41) is 5.91. The van der Waals surface area contributed by atoms with Crippen LogP contribution in [0.1, 0.15) is 45.2 Å². The van der Waals surface area contributed by atoms with Crippen LogP contribution in [0, 0.1) is 5.92 Å². The minimum atomic E-state index is -0.0775. The number of hydrogen-bond acceptors (Lipinski definition) is 1. The van der Waals surface area contributed by atoms with E-state index in [1.807, 2.05) is 25.1 Å². The predicted molar refractivity (Wildman–Crippen MR) is 75.5 cm³/mol. The number of rotatable bonds is 6. The maximum absolute atomic E-state index is 11.7. The fourth-order valence-corrected chi connectivity index (χ4v) is 1.88. The smallest absolute Gasteiger partial charge is 0.315 e. The molecule has 0 aromatic heterocycles. The number of carbonyl (C=O) groups is 1. The summed E-state index contributed by atoms with van der Waals surface area (Å²) in [5.74, 6) is 0.543. The molecule has 0 radical (unpaired) electrons. The van der Waals surface area contributed by atoms with Crippen LogP contribution in [0.25, 0.3) is 0 Å². The number of benzene rings is 1. The Hall–Kier alpha value is -1.51. The number of carbonyl (C=O) groups excluding carboxylic acids is 1. The van der Waals surface area contributed by atoms with Crippen molar-refractivity contribution in [3.8, 4) is 0 Å². The summed E-state index contributed by atoms with van der Waals surface area (Å²) in [6.07, 6.45) is 1.90. The molecule has 1 atom stereocenters. The van der Waals surface area contributed by atoms with E-state index in [1.165, 1.54) is 0 Å². The van der Waals surface area contributed by atoms with Gasteiger partial charge in [0.05, 0.1) is 6.04 Å². The van der Waals surface area contributed by atoms with Crippen LogP contribution in [0.3, 0.4) is 0 Å². The van der Waals surface area contributed by atoms with E-state index >= 15 is 0 Å². The fourth-order valence-electron chi connectivity index (χ4n) is 1.88. The van der Waals surface area contributed by atoms with Crippen molar-refractivity contribution < 1.29 is 4.79 Å². The zero-order valence-electron chi connectivity index (χ0n) is 11.6. The summed E-state index contributed by atoms with van der Waals surface area (Å²) in [4.78, 5) is 11.7. The van der Waals surface area contributed by atoms with Crippen molar-refractivity contribution in [2.45, 2.75) is 39.7 Å². The standard InChI is InChI=1S/C15H24N2O/c1-4-10-16-15(18)17-14(11-12(2)3)13-8-6-5-7-9-13/h5-9,12,14H,4,10-11H2,1-3H3,(H2,16,17,18). The largest absolute Gasteiger partial charge is 0.338 e. The molecule has 3 nitrogen and oxygen atoms in total. The van der Waals surface area contributed by atoms with E-state index in [-0.39, 0.29) is 12.1 Å². The molecule has 1 aromatic rings. The molecule has 18 heavy (non-hydrogen) atoms. The number of nitrogens with one attached hydrogen (secondary N) is 2. The summed E-state index contributed by atoms with van der Waals surface area (Å²) in [7, 11) is 0. The Bertz CT molecular complexity index is 349. The lowest BCUT2D eigenvalue weighted by atomic mass is 9.97. The summed E-state index contributed by atoms with van der Waals surface area (Å²) in [5.41, 5.74) is 1.16. The maximum Gasteiger partial charge on any atom is 0.315 e. The molecular formula is C15H24N2O. The molecule has 1 aromatic carbocycles. The molecule has 0 heterocycles. The van der Waals surface area contributed by atoms with Gasteiger partial charge in [-0.05, 0) is 24.3 Å². The van der Waals surface area contributed by atoms with Crippen LogP contribution in [0.15, 0.2) is 30.3 Å². The van der Waals surface area contributed by atoms with Crippen molar-refractivity contribution in [2.75, 3.05) is 6.54 Å². The van der Waals surface area contributed by atoms with Crippen LogP contribution in [-0.2, 0) is 0 Å². The Morgan fingerprint density at radius 3 is 2.44 bits per heavy atom. The average molecular weight is 248 g/mol. The van der Waals surface area contributed by atoms with Crippen LogP contribution in [-0.4, -0.2) is 12.6 Å². The summed E-state index contributed by atoms with van der Waals surface area (Å²) in [6, 6.07) is 10.1. The van der Waals surface area contributed by atoms with Gasteiger partial charge >= 0.3 is 6.03 Å². The van der Waals surface area contributed by atoms with Crippen molar-refractivity contribution in [3.05, 3.63) is 35.9 Å². The monoisotopic (exact) mass is 248 g/mol. The van der Waals surface area contributed by atoms with E-state index in [1.54, 1.807) is 0 Å². The lowest BCUT2D eigenvalue weighted by Gasteiger charge is -2.21. The van der Waals surface area contributed by atoms with Gasteiger partial charge in [-0.2, -0.15) is 0 Å². The molecule has 2 N–H and O–H groups in total. The van der Waals surface area contributed by atoms with E-state index in [9.17, 15) is 4.79 Å². The number of urea groups is 1. The van der Waals surface area contributed by atoms with E-state index < -0.39 is 0 Å². The first kappa shape index (κ1) is 14.6. The molecule has 0 aliphatic carbocycles. The maximum atomic E-state index is 11.7. The third kappa shape index (κ3) is 5.21. The molecule has 2 amide bonds. The molecule has 0 saturated heterocycles. The van der Waals surface area contributed by atoms with Gasteiger partial charge < -0.3 is 10.6 Å².